The molecule has 1 aromatic heterocycles. The van der Waals surface area contributed by atoms with E-state index in [0.29, 0.717) is 19.3 Å². The lowest BCUT2D eigenvalue weighted by Gasteiger charge is -2.14. The Labute approximate surface area is 119 Å². The van der Waals surface area contributed by atoms with E-state index < -0.39 is 11.7 Å². The van der Waals surface area contributed by atoms with E-state index in [2.05, 4.69) is 4.98 Å². The summed E-state index contributed by atoms with van der Waals surface area (Å²) in [6, 6.07) is 3.26. The maximum Gasteiger partial charge on any atom is 0.419 e. The van der Waals surface area contributed by atoms with Crippen LogP contribution in [0.25, 0.3) is 0 Å². The van der Waals surface area contributed by atoms with Gasteiger partial charge in [-0.15, -0.1) is 0 Å². The minimum atomic E-state index is -4.56. The number of alkyl halides is 3. The van der Waals surface area contributed by atoms with Crippen LogP contribution in [-0.2, 0) is 12.7 Å². The summed E-state index contributed by atoms with van der Waals surface area (Å²) in [6.45, 7) is 0.746. The lowest BCUT2D eigenvalue weighted by molar-refractivity contribution is -0.139. The van der Waals surface area contributed by atoms with Crippen molar-refractivity contribution in [3.05, 3.63) is 48.0 Å². The number of imidazole rings is 1. The van der Waals surface area contributed by atoms with Crippen LogP contribution in [-0.4, -0.2) is 22.4 Å². The molecule has 0 fully saturated rings. The van der Waals surface area contributed by atoms with Crippen LogP contribution in [0.1, 0.15) is 22.3 Å². The fraction of sp³-hybridized carbons (Fsp3) is 0.286. The van der Waals surface area contributed by atoms with Gasteiger partial charge in [-0.05, 0) is 24.6 Å². The van der Waals surface area contributed by atoms with Crippen LogP contribution in [0, 0.1) is 0 Å². The van der Waals surface area contributed by atoms with E-state index >= 15 is 0 Å². The van der Waals surface area contributed by atoms with Crippen molar-refractivity contribution >= 4 is 6.29 Å². The molecule has 2 aromatic rings. The summed E-state index contributed by atoms with van der Waals surface area (Å²) in [7, 11) is 0. The molecule has 0 saturated heterocycles. The average Bonchev–Trinajstić information content (AvgIpc) is 2.96. The number of carbonyl (C=O) groups excluding carboxylic acids is 1. The second-order valence-electron chi connectivity index (χ2n) is 4.37. The molecule has 1 heterocycles. The maximum absolute atomic E-state index is 12.9. The molecule has 0 atom stereocenters. The summed E-state index contributed by atoms with van der Waals surface area (Å²) in [5.74, 6) is -0.265. The van der Waals surface area contributed by atoms with Gasteiger partial charge in [0.25, 0.3) is 0 Å². The number of hydrogen-bond donors (Lipinski definition) is 0. The first-order chi connectivity index (χ1) is 10.0. The molecule has 0 N–H and O–H groups in total. The smallest absolute Gasteiger partial charge is 0.419 e. The Balaban J connectivity index is 2.00. The number of rotatable bonds is 6. The molecule has 0 unspecified atom stereocenters. The van der Waals surface area contributed by atoms with Gasteiger partial charge in [0.2, 0.25) is 0 Å². The fourth-order valence-corrected chi connectivity index (χ4v) is 1.82. The molecule has 0 amide bonds. The molecule has 0 aliphatic carbocycles. The Morgan fingerprint density at radius 3 is 2.76 bits per heavy atom. The number of benzene rings is 1. The first kappa shape index (κ1) is 15.1. The SMILES string of the molecule is O=Cc1ccc(OCCCn2ccnc2)c(C(F)(F)F)c1. The third kappa shape index (κ3) is 4.08. The number of halogens is 3. The van der Waals surface area contributed by atoms with Crippen molar-refractivity contribution in [3.8, 4) is 5.75 Å². The van der Waals surface area contributed by atoms with E-state index in [1.165, 1.54) is 12.1 Å². The number of nitrogens with zero attached hydrogens (tertiary/aromatic N) is 2. The summed E-state index contributed by atoms with van der Waals surface area (Å²) in [4.78, 5) is 14.4. The van der Waals surface area contributed by atoms with E-state index in [4.69, 9.17) is 4.74 Å². The zero-order valence-electron chi connectivity index (χ0n) is 11.0. The topological polar surface area (TPSA) is 44.1 Å². The molecule has 0 aliphatic heterocycles. The van der Waals surface area contributed by atoms with Crippen molar-refractivity contribution in [2.75, 3.05) is 6.61 Å². The molecule has 0 aliphatic rings. The average molecular weight is 298 g/mol. The number of aromatic nitrogens is 2. The van der Waals surface area contributed by atoms with Gasteiger partial charge in [-0.25, -0.2) is 4.98 Å². The number of aryl methyl sites for hydroxylation is 1. The van der Waals surface area contributed by atoms with Crippen molar-refractivity contribution in [1.29, 1.82) is 0 Å². The molecular formula is C14H13F3N2O2. The summed E-state index contributed by atoms with van der Waals surface area (Å²) >= 11 is 0. The highest BCUT2D eigenvalue weighted by Gasteiger charge is 2.34. The third-order valence-corrected chi connectivity index (χ3v) is 2.82. The van der Waals surface area contributed by atoms with Gasteiger partial charge in [0.15, 0.2) is 0 Å². The van der Waals surface area contributed by atoms with Gasteiger partial charge < -0.3 is 9.30 Å². The number of ether oxygens (including phenoxy) is 1. The first-order valence-corrected chi connectivity index (χ1v) is 6.25. The Morgan fingerprint density at radius 2 is 2.14 bits per heavy atom. The Morgan fingerprint density at radius 1 is 1.33 bits per heavy atom. The normalized spacial score (nSPS) is 11.4. The minimum absolute atomic E-state index is 0.0342. The third-order valence-electron chi connectivity index (χ3n) is 2.82. The van der Waals surface area contributed by atoms with Gasteiger partial charge in [-0.1, -0.05) is 0 Å². The van der Waals surface area contributed by atoms with E-state index in [1.54, 1.807) is 18.7 Å². The second-order valence-corrected chi connectivity index (χ2v) is 4.37. The van der Waals surface area contributed by atoms with E-state index in [1.807, 2.05) is 4.57 Å². The number of hydrogen-bond acceptors (Lipinski definition) is 3. The van der Waals surface area contributed by atoms with E-state index in [-0.39, 0.29) is 17.9 Å². The van der Waals surface area contributed by atoms with Crippen LogP contribution in [0.15, 0.2) is 36.9 Å². The quantitative estimate of drug-likeness (QED) is 0.607. The van der Waals surface area contributed by atoms with Crippen molar-refractivity contribution in [3.63, 3.8) is 0 Å². The predicted molar refractivity (Wildman–Crippen MR) is 69.2 cm³/mol. The van der Waals surface area contributed by atoms with Crippen LogP contribution in [0.3, 0.4) is 0 Å². The highest BCUT2D eigenvalue weighted by molar-refractivity contribution is 5.75. The number of aldehydes is 1. The molecule has 0 radical (unpaired) electrons. The second kappa shape index (κ2) is 6.43. The Kier molecular flexibility index (Phi) is 4.62. The molecule has 112 valence electrons. The first-order valence-electron chi connectivity index (χ1n) is 6.25. The zero-order chi connectivity index (χ0) is 15.3. The van der Waals surface area contributed by atoms with Gasteiger partial charge in [0.05, 0.1) is 18.5 Å². The van der Waals surface area contributed by atoms with Gasteiger partial charge in [-0.2, -0.15) is 13.2 Å². The van der Waals surface area contributed by atoms with E-state index in [9.17, 15) is 18.0 Å². The molecule has 0 spiro atoms. The largest absolute Gasteiger partial charge is 0.493 e. The van der Waals surface area contributed by atoms with Crippen molar-refractivity contribution in [2.24, 2.45) is 0 Å². The van der Waals surface area contributed by atoms with Gasteiger partial charge in [0.1, 0.15) is 12.0 Å². The fourth-order valence-electron chi connectivity index (χ4n) is 1.82. The van der Waals surface area contributed by atoms with Crippen molar-refractivity contribution in [1.82, 2.24) is 9.55 Å². The lowest BCUT2D eigenvalue weighted by Crippen LogP contribution is -2.11. The molecule has 4 nitrogen and oxygen atoms in total. The standard InChI is InChI=1S/C14H13F3N2O2/c15-14(16,17)12-8-11(9-20)2-3-13(12)21-7-1-5-19-6-4-18-10-19/h2-4,6,8-10H,1,5,7H2. The highest BCUT2D eigenvalue weighted by Crippen LogP contribution is 2.36. The zero-order valence-corrected chi connectivity index (χ0v) is 11.0. The van der Waals surface area contributed by atoms with Crippen LogP contribution in [0.5, 0.6) is 5.75 Å². The van der Waals surface area contributed by atoms with Crippen LogP contribution in [0.2, 0.25) is 0 Å². The Bertz CT molecular complexity index is 595. The van der Waals surface area contributed by atoms with Gasteiger partial charge in [-0.3, -0.25) is 4.79 Å². The summed E-state index contributed by atoms with van der Waals surface area (Å²) in [5, 5.41) is 0. The molecular weight excluding hydrogens is 285 g/mol. The molecule has 0 bridgehead atoms. The lowest BCUT2D eigenvalue weighted by atomic mass is 10.1. The molecule has 2 rings (SSSR count). The van der Waals surface area contributed by atoms with Crippen molar-refractivity contribution < 1.29 is 22.7 Å². The summed E-state index contributed by atoms with van der Waals surface area (Å²) in [5.41, 5.74) is -0.970. The Hall–Kier alpha value is -2.31. The highest BCUT2D eigenvalue weighted by atomic mass is 19.4. The van der Waals surface area contributed by atoms with Crippen LogP contribution < -0.4 is 4.74 Å². The van der Waals surface area contributed by atoms with Gasteiger partial charge >= 0.3 is 6.18 Å². The molecule has 7 heteroatoms. The van der Waals surface area contributed by atoms with Crippen LogP contribution >= 0.6 is 0 Å². The van der Waals surface area contributed by atoms with Crippen LogP contribution in [0.4, 0.5) is 13.2 Å². The number of carbonyl (C=O) groups is 1. The molecule has 0 saturated carbocycles. The van der Waals surface area contributed by atoms with Crippen molar-refractivity contribution in [2.45, 2.75) is 19.1 Å². The predicted octanol–water partition coefficient (Wildman–Crippen LogP) is 3.18. The minimum Gasteiger partial charge on any atom is -0.493 e. The summed E-state index contributed by atoms with van der Waals surface area (Å²) in [6.07, 6.45) is 1.38. The monoisotopic (exact) mass is 298 g/mol. The van der Waals surface area contributed by atoms with Gasteiger partial charge in [0, 0.05) is 24.5 Å². The molecule has 21 heavy (non-hydrogen) atoms. The van der Waals surface area contributed by atoms with E-state index in [0.717, 1.165) is 6.07 Å². The molecule has 1 aromatic carbocycles. The maximum atomic E-state index is 12.9. The summed E-state index contributed by atoms with van der Waals surface area (Å²) < 4.78 is 45.7.